The number of likely N-dealkylation sites (tertiary alicyclic amines) is 1. The summed E-state index contributed by atoms with van der Waals surface area (Å²) in [6.45, 7) is 3.33. The van der Waals surface area contributed by atoms with Crippen molar-refractivity contribution in [3.8, 4) is 0 Å². The Kier molecular flexibility index (Phi) is 2.92. The molecule has 3 heterocycles. The number of piperidine rings is 1. The molecule has 0 radical (unpaired) electrons. The number of aromatic nitrogens is 2. The van der Waals surface area contributed by atoms with Gasteiger partial charge in [0, 0.05) is 19.0 Å². The Bertz CT molecular complexity index is 401. The Morgan fingerprint density at radius 3 is 2.94 bits per heavy atom. The Balaban J connectivity index is 1.88. The first-order valence-corrected chi connectivity index (χ1v) is 6.67. The van der Waals surface area contributed by atoms with Gasteiger partial charge in [0.15, 0.2) is 0 Å². The average molecular weight is 235 g/mol. The van der Waals surface area contributed by atoms with Crippen LogP contribution in [0.5, 0.6) is 0 Å². The first-order chi connectivity index (χ1) is 8.25. The number of fused-ring (bicyclic) bond motifs is 1. The maximum absolute atomic E-state index is 9.95. The van der Waals surface area contributed by atoms with Crippen LogP contribution in [0.2, 0.25) is 0 Å². The highest BCUT2D eigenvalue weighted by Crippen LogP contribution is 2.31. The van der Waals surface area contributed by atoms with Gasteiger partial charge in [-0.25, -0.2) is 4.98 Å². The molecule has 2 unspecified atom stereocenters. The van der Waals surface area contributed by atoms with Gasteiger partial charge in [0.05, 0.1) is 18.0 Å². The summed E-state index contributed by atoms with van der Waals surface area (Å²) >= 11 is 0. The van der Waals surface area contributed by atoms with Crippen molar-refractivity contribution in [2.75, 3.05) is 20.1 Å². The molecule has 0 amide bonds. The van der Waals surface area contributed by atoms with E-state index >= 15 is 0 Å². The van der Waals surface area contributed by atoms with E-state index in [1.165, 1.54) is 25.2 Å². The maximum atomic E-state index is 9.95. The molecule has 3 rings (SSSR count). The molecule has 0 aliphatic carbocycles. The van der Waals surface area contributed by atoms with Gasteiger partial charge in [-0.05, 0) is 39.3 Å². The van der Waals surface area contributed by atoms with Crippen LogP contribution in [0.1, 0.15) is 49.2 Å². The number of imidazole rings is 1. The quantitative estimate of drug-likeness (QED) is 0.802. The molecule has 1 saturated heterocycles. The molecule has 0 bridgehead atoms. The molecule has 94 valence electrons. The largest absolute Gasteiger partial charge is 0.387 e. The summed E-state index contributed by atoms with van der Waals surface area (Å²) in [7, 11) is 2.18. The first kappa shape index (κ1) is 11.2. The summed E-state index contributed by atoms with van der Waals surface area (Å²) in [5, 5.41) is 9.95. The molecule has 4 nitrogen and oxygen atoms in total. The van der Waals surface area contributed by atoms with E-state index in [1.807, 2.05) is 6.20 Å². The van der Waals surface area contributed by atoms with Crippen molar-refractivity contribution >= 4 is 0 Å². The van der Waals surface area contributed by atoms with Gasteiger partial charge in [0.25, 0.3) is 0 Å². The number of hydrogen-bond acceptors (Lipinski definition) is 3. The van der Waals surface area contributed by atoms with E-state index in [4.69, 9.17) is 0 Å². The predicted molar refractivity (Wildman–Crippen MR) is 65.9 cm³/mol. The molecule has 0 spiro atoms. The van der Waals surface area contributed by atoms with Crippen LogP contribution in [0.25, 0.3) is 0 Å². The van der Waals surface area contributed by atoms with Crippen molar-refractivity contribution in [2.24, 2.45) is 0 Å². The highest BCUT2D eigenvalue weighted by molar-refractivity contribution is 5.14. The Morgan fingerprint density at radius 2 is 2.12 bits per heavy atom. The third-order valence-electron chi connectivity index (χ3n) is 4.11. The van der Waals surface area contributed by atoms with E-state index < -0.39 is 0 Å². The van der Waals surface area contributed by atoms with Crippen molar-refractivity contribution in [1.82, 2.24) is 14.5 Å². The van der Waals surface area contributed by atoms with Gasteiger partial charge < -0.3 is 14.6 Å². The van der Waals surface area contributed by atoms with E-state index in [-0.39, 0.29) is 6.10 Å². The second-order valence-corrected chi connectivity index (χ2v) is 5.45. The van der Waals surface area contributed by atoms with Crippen LogP contribution < -0.4 is 0 Å². The van der Waals surface area contributed by atoms with E-state index in [0.29, 0.717) is 5.92 Å². The minimum absolute atomic E-state index is 0.300. The van der Waals surface area contributed by atoms with Crippen LogP contribution in [0.3, 0.4) is 0 Å². The number of aliphatic hydroxyl groups excluding tert-OH is 1. The van der Waals surface area contributed by atoms with Gasteiger partial charge in [0.2, 0.25) is 0 Å². The van der Waals surface area contributed by atoms with Gasteiger partial charge in [-0.1, -0.05) is 0 Å². The molecule has 2 aliphatic heterocycles. The molecule has 1 N–H and O–H groups in total. The van der Waals surface area contributed by atoms with Crippen molar-refractivity contribution in [3.63, 3.8) is 0 Å². The van der Waals surface area contributed by atoms with Gasteiger partial charge in [0.1, 0.15) is 5.82 Å². The topological polar surface area (TPSA) is 41.3 Å². The molecular formula is C13H21N3O. The van der Waals surface area contributed by atoms with Crippen molar-refractivity contribution in [1.29, 1.82) is 0 Å². The summed E-state index contributed by atoms with van der Waals surface area (Å²) in [6.07, 6.45) is 6.03. The lowest BCUT2D eigenvalue weighted by Crippen LogP contribution is -2.32. The second kappa shape index (κ2) is 4.42. The normalized spacial score (nSPS) is 30.2. The number of hydrogen-bond donors (Lipinski definition) is 1. The highest BCUT2D eigenvalue weighted by Gasteiger charge is 2.27. The monoisotopic (exact) mass is 235 g/mol. The molecule has 1 fully saturated rings. The summed E-state index contributed by atoms with van der Waals surface area (Å²) in [5.74, 6) is 1.75. The number of aliphatic hydroxyl groups is 1. The van der Waals surface area contributed by atoms with Crippen molar-refractivity contribution < 1.29 is 5.11 Å². The van der Waals surface area contributed by atoms with Crippen LogP contribution in [0, 0.1) is 0 Å². The second-order valence-electron chi connectivity index (χ2n) is 5.45. The average Bonchev–Trinajstić information content (AvgIpc) is 2.74. The predicted octanol–water partition coefficient (Wildman–Crippen LogP) is 1.52. The van der Waals surface area contributed by atoms with Crippen LogP contribution >= 0.6 is 0 Å². The minimum Gasteiger partial charge on any atom is -0.387 e. The Morgan fingerprint density at radius 1 is 1.29 bits per heavy atom. The van der Waals surface area contributed by atoms with E-state index in [2.05, 4.69) is 21.5 Å². The van der Waals surface area contributed by atoms with Crippen LogP contribution in [-0.2, 0) is 6.54 Å². The molecule has 2 atom stereocenters. The molecule has 1 aromatic heterocycles. The van der Waals surface area contributed by atoms with Crippen molar-refractivity contribution in [3.05, 3.63) is 17.7 Å². The molecule has 2 aliphatic rings. The smallest absolute Gasteiger partial charge is 0.113 e. The Hall–Kier alpha value is -0.870. The molecular weight excluding hydrogens is 214 g/mol. The molecule has 0 aromatic carbocycles. The lowest BCUT2D eigenvalue weighted by atomic mass is 9.97. The number of nitrogens with zero attached hydrogens (tertiary/aromatic N) is 3. The lowest BCUT2D eigenvalue weighted by Gasteiger charge is -2.31. The van der Waals surface area contributed by atoms with Crippen LogP contribution in [-0.4, -0.2) is 39.7 Å². The van der Waals surface area contributed by atoms with Crippen LogP contribution in [0.4, 0.5) is 0 Å². The molecule has 1 aromatic rings. The zero-order chi connectivity index (χ0) is 11.8. The number of likely N-dealkylation sites (N-methyl/N-ethyl adjacent to an activating group) is 1. The summed E-state index contributed by atoms with van der Waals surface area (Å²) in [6, 6.07) is 0. The number of rotatable bonds is 1. The zero-order valence-corrected chi connectivity index (χ0v) is 10.5. The fourth-order valence-corrected chi connectivity index (χ4v) is 3.21. The van der Waals surface area contributed by atoms with Crippen molar-refractivity contribution in [2.45, 2.75) is 44.2 Å². The lowest BCUT2D eigenvalue weighted by molar-refractivity contribution is 0.137. The van der Waals surface area contributed by atoms with E-state index in [1.54, 1.807) is 0 Å². The Labute approximate surface area is 102 Å². The third-order valence-corrected chi connectivity index (χ3v) is 4.11. The van der Waals surface area contributed by atoms with Gasteiger partial charge in [-0.15, -0.1) is 0 Å². The summed E-state index contributed by atoms with van der Waals surface area (Å²) in [4.78, 5) is 6.97. The van der Waals surface area contributed by atoms with Gasteiger partial charge in [-0.3, -0.25) is 0 Å². The molecule has 4 heteroatoms. The van der Waals surface area contributed by atoms with E-state index in [9.17, 15) is 5.11 Å². The van der Waals surface area contributed by atoms with Gasteiger partial charge >= 0.3 is 0 Å². The third kappa shape index (κ3) is 2.00. The van der Waals surface area contributed by atoms with Crippen LogP contribution in [0.15, 0.2) is 6.20 Å². The SMILES string of the molecule is CN1CCCC(c2ncc3n2CCCC3O)C1. The standard InChI is InChI=1S/C13H21N3O/c1-15-6-2-4-10(9-15)13-14-8-11-12(17)5-3-7-16(11)13/h8,10,12,17H,2-7,9H2,1H3. The minimum atomic E-state index is -0.300. The highest BCUT2D eigenvalue weighted by atomic mass is 16.3. The molecule has 0 saturated carbocycles. The summed E-state index contributed by atoms with van der Waals surface area (Å²) in [5.41, 5.74) is 1.03. The maximum Gasteiger partial charge on any atom is 0.113 e. The first-order valence-electron chi connectivity index (χ1n) is 6.67. The van der Waals surface area contributed by atoms with E-state index in [0.717, 1.165) is 31.6 Å². The summed E-state index contributed by atoms with van der Waals surface area (Å²) < 4.78 is 2.26. The van der Waals surface area contributed by atoms with Gasteiger partial charge in [-0.2, -0.15) is 0 Å². The molecule has 17 heavy (non-hydrogen) atoms. The zero-order valence-electron chi connectivity index (χ0n) is 10.5. The fourth-order valence-electron chi connectivity index (χ4n) is 3.21. The fraction of sp³-hybridized carbons (Fsp3) is 0.769.